The summed E-state index contributed by atoms with van der Waals surface area (Å²) in [6.07, 6.45) is 7.96. The predicted molar refractivity (Wildman–Crippen MR) is 119 cm³/mol. The fraction of sp³-hybridized carbons (Fsp3) is 0.0833. The minimum absolute atomic E-state index is 0.582. The molecule has 5 nitrogen and oxygen atoms in total. The van der Waals surface area contributed by atoms with Crippen molar-refractivity contribution in [2.45, 2.75) is 0 Å². The maximum Gasteiger partial charge on any atom is 0.118 e. The lowest BCUT2D eigenvalue weighted by atomic mass is 10.1. The number of azide groups is 1. The molecule has 0 unspecified atom stereocenters. The topological polar surface area (TPSA) is 67.2 Å². The van der Waals surface area contributed by atoms with Crippen LogP contribution in [0.1, 0.15) is 22.3 Å². The molecule has 144 valence electrons. The summed E-state index contributed by atoms with van der Waals surface area (Å²) in [7, 11) is 3.29. The Morgan fingerprint density at radius 1 is 0.690 bits per heavy atom. The SMILES string of the molecule is COc1ccc(/C=C/c2ccc(N=[N+]=[N-])c(/C=C/c3ccc(OC)cc3)c2)cc1. The molecule has 3 aromatic rings. The molecule has 0 saturated carbocycles. The number of nitrogens with zero attached hydrogens (tertiary/aromatic N) is 3. The third kappa shape index (κ3) is 5.51. The van der Waals surface area contributed by atoms with Crippen molar-refractivity contribution < 1.29 is 9.47 Å². The zero-order chi connectivity index (χ0) is 20.5. The van der Waals surface area contributed by atoms with Gasteiger partial charge in [0.1, 0.15) is 11.5 Å². The van der Waals surface area contributed by atoms with E-state index in [0.717, 1.165) is 33.8 Å². The molecule has 0 heterocycles. The van der Waals surface area contributed by atoms with Crippen molar-refractivity contribution in [3.8, 4) is 11.5 Å². The van der Waals surface area contributed by atoms with E-state index in [2.05, 4.69) is 10.0 Å². The minimum atomic E-state index is 0.582. The lowest BCUT2D eigenvalue weighted by molar-refractivity contribution is 0.414. The first-order valence-electron chi connectivity index (χ1n) is 9.05. The van der Waals surface area contributed by atoms with E-state index >= 15 is 0 Å². The molecule has 0 N–H and O–H groups in total. The predicted octanol–water partition coefficient (Wildman–Crippen LogP) is 6.99. The van der Waals surface area contributed by atoms with Crippen molar-refractivity contribution in [3.05, 3.63) is 99.4 Å². The zero-order valence-corrected chi connectivity index (χ0v) is 16.3. The molecule has 3 rings (SSSR count). The molecule has 0 aliphatic heterocycles. The van der Waals surface area contributed by atoms with Gasteiger partial charge in [-0.05, 0) is 58.1 Å². The number of hydrogen-bond acceptors (Lipinski definition) is 3. The number of methoxy groups -OCH3 is 2. The van der Waals surface area contributed by atoms with Gasteiger partial charge in [0.2, 0.25) is 0 Å². The minimum Gasteiger partial charge on any atom is -0.497 e. The Morgan fingerprint density at radius 3 is 1.69 bits per heavy atom. The van der Waals surface area contributed by atoms with Crippen molar-refractivity contribution in [2.24, 2.45) is 5.11 Å². The Balaban J connectivity index is 1.85. The van der Waals surface area contributed by atoms with Crippen LogP contribution in [-0.2, 0) is 0 Å². The van der Waals surface area contributed by atoms with Crippen LogP contribution in [0.2, 0.25) is 0 Å². The number of rotatable bonds is 7. The highest BCUT2D eigenvalue weighted by Gasteiger charge is 2.00. The summed E-state index contributed by atoms with van der Waals surface area (Å²) in [5.74, 6) is 1.63. The van der Waals surface area contributed by atoms with Crippen molar-refractivity contribution in [1.29, 1.82) is 0 Å². The summed E-state index contributed by atoms with van der Waals surface area (Å²) in [6, 6.07) is 21.3. The maximum atomic E-state index is 8.85. The number of benzene rings is 3. The Labute approximate surface area is 170 Å². The van der Waals surface area contributed by atoms with Gasteiger partial charge in [-0.15, -0.1) is 0 Å². The summed E-state index contributed by atoms with van der Waals surface area (Å²) in [6.45, 7) is 0. The lowest BCUT2D eigenvalue weighted by Gasteiger charge is -2.04. The van der Waals surface area contributed by atoms with Crippen LogP contribution in [0.5, 0.6) is 11.5 Å². The summed E-state index contributed by atoms with van der Waals surface area (Å²) in [4.78, 5) is 2.93. The largest absolute Gasteiger partial charge is 0.497 e. The van der Waals surface area contributed by atoms with Gasteiger partial charge in [0.15, 0.2) is 0 Å². The van der Waals surface area contributed by atoms with Gasteiger partial charge >= 0.3 is 0 Å². The molecule has 3 aromatic carbocycles. The van der Waals surface area contributed by atoms with Gasteiger partial charge in [0, 0.05) is 10.6 Å². The van der Waals surface area contributed by atoms with Crippen molar-refractivity contribution >= 4 is 30.0 Å². The third-order valence-corrected chi connectivity index (χ3v) is 4.36. The molecule has 0 aliphatic carbocycles. The molecule has 0 aromatic heterocycles. The van der Waals surface area contributed by atoms with Gasteiger partial charge in [-0.1, -0.05) is 65.8 Å². The van der Waals surface area contributed by atoms with Crippen LogP contribution >= 0.6 is 0 Å². The molecule has 5 heteroatoms. The van der Waals surface area contributed by atoms with Gasteiger partial charge in [0.05, 0.1) is 14.2 Å². The van der Waals surface area contributed by atoms with Crippen LogP contribution in [0.4, 0.5) is 5.69 Å². The second-order valence-corrected chi connectivity index (χ2v) is 6.22. The van der Waals surface area contributed by atoms with Gasteiger partial charge in [0.25, 0.3) is 0 Å². The average Bonchev–Trinajstić information content (AvgIpc) is 2.78. The fourth-order valence-corrected chi connectivity index (χ4v) is 2.76. The lowest BCUT2D eigenvalue weighted by Crippen LogP contribution is -1.82. The monoisotopic (exact) mass is 383 g/mol. The highest BCUT2D eigenvalue weighted by molar-refractivity contribution is 5.79. The Bertz CT molecular complexity index is 1060. The van der Waals surface area contributed by atoms with Crippen molar-refractivity contribution in [3.63, 3.8) is 0 Å². The molecular weight excluding hydrogens is 362 g/mol. The van der Waals surface area contributed by atoms with E-state index in [1.165, 1.54) is 0 Å². The van der Waals surface area contributed by atoms with Crippen molar-refractivity contribution in [2.75, 3.05) is 14.2 Å². The van der Waals surface area contributed by atoms with E-state index in [0.29, 0.717) is 5.69 Å². The fourth-order valence-electron chi connectivity index (χ4n) is 2.76. The van der Waals surface area contributed by atoms with E-state index in [1.807, 2.05) is 91.0 Å². The molecule has 0 spiro atoms. The molecule has 0 bridgehead atoms. The van der Waals surface area contributed by atoms with Gasteiger partial charge < -0.3 is 9.47 Å². The summed E-state index contributed by atoms with van der Waals surface area (Å²) in [5.41, 5.74) is 13.4. The smallest absolute Gasteiger partial charge is 0.118 e. The molecule has 0 amide bonds. The first kappa shape index (κ1) is 19.8. The number of hydrogen-bond donors (Lipinski definition) is 0. The standard InChI is InChI=1S/C24H21N3O2/c1-28-22-12-6-18(7-13-22)3-4-20-10-16-24(26-27-25)21(17-20)11-5-19-8-14-23(29-2)15-9-19/h3-17H,1-2H3/b4-3+,11-5+. The normalized spacial score (nSPS) is 10.8. The highest BCUT2D eigenvalue weighted by Crippen LogP contribution is 2.25. The van der Waals surface area contributed by atoms with E-state index in [1.54, 1.807) is 14.2 Å². The van der Waals surface area contributed by atoms with Crippen LogP contribution in [0.15, 0.2) is 71.8 Å². The number of ether oxygens (including phenoxy) is 2. The van der Waals surface area contributed by atoms with Crippen LogP contribution in [0, 0.1) is 0 Å². The Kier molecular flexibility index (Phi) is 6.71. The van der Waals surface area contributed by atoms with Crippen molar-refractivity contribution in [1.82, 2.24) is 0 Å². The summed E-state index contributed by atoms with van der Waals surface area (Å²) < 4.78 is 10.4. The van der Waals surface area contributed by atoms with Gasteiger partial charge in [-0.3, -0.25) is 0 Å². The van der Waals surface area contributed by atoms with Crippen LogP contribution in [0.3, 0.4) is 0 Å². The van der Waals surface area contributed by atoms with Crippen LogP contribution in [0.25, 0.3) is 34.7 Å². The molecule has 0 saturated heterocycles. The first-order chi connectivity index (χ1) is 14.2. The quantitative estimate of drug-likeness (QED) is 0.191. The van der Waals surface area contributed by atoms with Crippen LogP contribution in [-0.4, -0.2) is 14.2 Å². The molecule has 0 atom stereocenters. The molecule has 29 heavy (non-hydrogen) atoms. The average molecular weight is 383 g/mol. The second-order valence-electron chi connectivity index (χ2n) is 6.22. The Hall–Kier alpha value is -3.95. The molecule has 0 aliphatic rings. The summed E-state index contributed by atoms with van der Waals surface area (Å²) >= 11 is 0. The van der Waals surface area contributed by atoms with Gasteiger partial charge in [-0.2, -0.15) is 0 Å². The van der Waals surface area contributed by atoms with E-state index < -0.39 is 0 Å². The highest BCUT2D eigenvalue weighted by atomic mass is 16.5. The maximum absolute atomic E-state index is 8.85. The van der Waals surface area contributed by atoms with E-state index in [-0.39, 0.29) is 0 Å². The van der Waals surface area contributed by atoms with Gasteiger partial charge in [-0.25, -0.2) is 0 Å². The Morgan fingerprint density at radius 2 is 1.17 bits per heavy atom. The summed E-state index contributed by atoms with van der Waals surface area (Å²) in [5, 5.41) is 3.80. The zero-order valence-electron chi connectivity index (χ0n) is 16.3. The third-order valence-electron chi connectivity index (χ3n) is 4.36. The second kappa shape index (κ2) is 9.83. The van der Waals surface area contributed by atoms with E-state index in [4.69, 9.17) is 15.0 Å². The molecule has 0 radical (unpaired) electrons. The van der Waals surface area contributed by atoms with Crippen LogP contribution < -0.4 is 9.47 Å². The van der Waals surface area contributed by atoms with E-state index in [9.17, 15) is 0 Å². The molecular formula is C24H21N3O2. The first-order valence-corrected chi connectivity index (χ1v) is 9.05. The molecule has 0 fully saturated rings.